The first-order valence-electron chi connectivity index (χ1n) is 7.45. The predicted molar refractivity (Wildman–Crippen MR) is 91.7 cm³/mol. The molecule has 0 aliphatic carbocycles. The van der Waals surface area contributed by atoms with Crippen molar-refractivity contribution in [1.82, 2.24) is 9.78 Å². The van der Waals surface area contributed by atoms with Crippen molar-refractivity contribution in [3.63, 3.8) is 0 Å². The fourth-order valence-electron chi connectivity index (χ4n) is 2.26. The van der Waals surface area contributed by atoms with Crippen molar-refractivity contribution in [1.29, 1.82) is 0 Å². The standard InChI is InChI=1S/C16H11F3N4O3S/c17-16(18,19)11-2-1-3-12(5-11)21-15(24)14-4-10(9-27-14)7-22-8-13(6-20-22)23(25)26/h1-6,8-9H,7H2,(H,21,24). The summed E-state index contributed by atoms with van der Waals surface area (Å²) in [6.45, 7) is 0.223. The van der Waals surface area contributed by atoms with E-state index in [1.54, 1.807) is 11.4 Å². The van der Waals surface area contributed by atoms with Crippen LogP contribution in [-0.2, 0) is 12.7 Å². The lowest BCUT2D eigenvalue weighted by Gasteiger charge is -2.09. The van der Waals surface area contributed by atoms with Gasteiger partial charge < -0.3 is 5.32 Å². The van der Waals surface area contributed by atoms with Crippen LogP contribution in [-0.4, -0.2) is 20.6 Å². The molecule has 140 valence electrons. The summed E-state index contributed by atoms with van der Waals surface area (Å²) in [5.41, 5.74) is -0.278. The molecule has 0 saturated carbocycles. The number of halogens is 3. The molecule has 3 rings (SSSR count). The largest absolute Gasteiger partial charge is 0.416 e. The zero-order chi connectivity index (χ0) is 19.6. The molecule has 27 heavy (non-hydrogen) atoms. The van der Waals surface area contributed by atoms with Crippen LogP contribution in [0.3, 0.4) is 0 Å². The Balaban J connectivity index is 1.69. The van der Waals surface area contributed by atoms with E-state index in [9.17, 15) is 28.1 Å². The minimum absolute atomic E-state index is 0.0347. The molecule has 0 bridgehead atoms. The maximum absolute atomic E-state index is 12.7. The highest BCUT2D eigenvalue weighted by Gasteiger charge is 2.30. The third kappa shape index (κ3) is 4.50. The van der Waals surface area contributed by atoms with Gasteiger partial charge in [0.25, 0.3) is 5.91 Å². The molecule has 2 aromatic heterocycles. The zero-order valence-electron chi connectivity index (χ0n) is 13.4. The summed E-state index contributed by atoms with van der Waals surface area (Å²) in [4.78, 5) is 22.6. The predicted octanol–water partition coefficient (Wildman–Crippen LogP) is 4.17. The van der Waals surface area contributed by atoms with Crippen LogP contribution in [0, 0.1) is 10.1 Å². The van der Waals surface area contributed by atoms with Gasteiger partial charge in [0.05, 0.1) is 21.9 Å². The number of aromatic nitrogens is 2. The number of nitrogens with zero attached hydrogens (tertiary/aromatic N) is 3. The van der Waals surface area contributed by atoms with Gasteiger partial charge in [-0.05, 0) is 35.2 Å². The lowest BCUT2D eigenvalue weighted by atomic mass is 10.2. The first kappa shape index (κ1) is 18.6. The van der Waals surface area contributed by atoms with Crippen LogP contribution in [0.4, 0.5) is 24.5 Å². The van der Waals surface area contributed by atoms with E-state index in [2.05, 4.69) is 10.4 Å². The van der Waals surface area contributed by atoms with E-state index in [-0.39, 0.29) is 17.9 Å². The number of amides is 1. The first-order chi connectivity index (χ1) is 12.7. The SMILES string of the molecule is O=C(Nc1cccc(C(F)(F)F)c1)c1cc(Cn2cc([N+](=O)[O-])cn2)cs1. The van der Waals surface area contributed by atoms with Gasteiger partial charge in [0.2, 0.25) is 0 Å². The Morgan fingerprint density at radius 1 is 1.33 bits per heavy atom. The number of alkyl halides is 3. The summed E-state index contributed by atoms with van der Waals surface area (Å²) in [5, 5.41) is 18.6. The van der Waals surface area contributed by atoms with Gasteiger partial charge >= 0.3 is 11.9 Å². The second-order valence-corrected chi connectivity index (χ2v) is 6.42. The molecule has 0 atom stereocenters. The van der Waals surface area contributed by atoms with Crippen molar-refractivity contribution < 1.29 is 22.9 Å². The maximum atomic E-state index is 12.7. The van der Waals surface area contributed by atoms with Gasteiger partial charge in [0, 0.05) is 5.69 Å². The lowest BCUT2D eigenvalue weighted by Crippen LogP contribution is -2.12. The first-order valence-corrected chi connectivity index (χ1v) is 8.33. The van der Waals surface area contributed by atoms with Crippen molar-refractivity contribution in [2.75, 3.05) is 5.32 Å². The van der Waals surface area contributed by atoms with Crippen LogP contribution in [0.5, 0.6) is 0 Å². The summed E-state index contributed by atoms with van der Waals surface area (Å²) in [5.74, 6) is -0.544. The number of carbonyl (C=O) groups is 1. The lowest BCUT2D eigenvalue weighted by molar-refractivity contribution is -0.385. The summed E-state index contributed by atoms with van der Waals surface area (Å²) in [6, 6.07) is 5.91. The smallest absolute Gasteiger partial charge is 0.321 e. The minimum atomic E-state index is -4.50. The third-order valence-electron chi connectivity index (χ3n) is 3.50. The van der Waals surface area contributed by atoms with Gasteiger partial charge in [0.1, 0.15) is 12.4 Å². The van der Waals surface area contributed by atoms with E-state index >= 15 is 0 Å². The van der Waals surface area contributed by atoms with E-state index in [4.69, 9.17) is 0 Å². The molecule has 1 aromatic carbocycles. The van der Waals surface area contributed by atoms with Crippen LogP contribution in [0.25, 0.3) is 0 Å². The van der Waals surface area contributed by atoms with Gasteiger partial charge in [-0.15, -0.1) is 11.3 Å². The second kappa shape index (κ2) is 7.19. The van der Waals surface area contributed by atoms with E-state index in [1.807, 2.05) is 0 Å². The molecular formula is C16H11F3N4O3S. The molecule has 0 fully saturated rings. The summed E-state index contributed by atoms with van der Waals surface area (Å²) < 4.78 is 39.5. The molecular weight excluding hydrogens is 385 g/mol. The van der Waals surface area contributed by atoms with Crippen molar-refractivity contribution in [2.24, 2.45) is 0 Å². The highest BCUT2D eigenvalue weighted by molar-refractivity contribution is 7.12. The number of hydrogen-bond donors (Lipinski definition) is 1. The molecule has 0 aliphatic heterocycles. The summed E-state index contributed by atoms with van der Waals surface area (Å²) in [6.07, 6.45) is -2.11. The Morgan fingerprint density at radius 3 is 2.78 bits per heavy atom. The number of rotatable bonds is 5. The fourth-order valence-corrected chi connectivity index (χ4v) is 3.06. The number of hydrogen-bond acceptors (Lipinski definition) is 5. The normalized spacial score (nSPS) is 11.4. The Bertz CT molecular complexity index is 997. The Hall–Kier alpha value is -3.21. The number of benzene rings is 1. The molecule has 0 saturated heterocycles. The van der Waals surface area contributed by atoms with E-state index in [1.165, 1.54) is 23.0 Å². The average Bonchev–Trinajstić information content (AvgIpc) is 3.24. The topological polar surface area (TPSA) is 90.1 Å². The molecule has 1 N–H and O–H groups in total. The molecule has 0 spiro atoms. The number of nitro groups is 1. The van der Waals surface area contributed by atoms with Crippen LogP contribution in [0.1, 0.15) is 20.8 Å². The van der Waals surface area contributed by atoms with Crippen LogP contribution < -0.4 is 5.32 Å². The molecule has 1 amide bonds. The molecule has 0 unspecified atom stereocenters. The minimum Gasteiger partial charge on any atom is -0.321 e. The number of nitrogens with one attached hydrogen (secondary N) is 1. The number of thiophene rings is 1. The van der Waals surface area contributed by atoms with E-state index in [0.717, 1.165) is 29.7 Å². The Morgan fingerprint density at radius 2 is 2.11 bits per heavy atom. The van der Waals surface area contributed by atoms with Gasteiger partial charge in [0.15, 0.2) is 0 Å². The molecule has 2 heterocycles. The molecule has 7 nitrogen and oxygen atoms in total. The summed E-state index contributed by atoms with van der Waals surface area (Å²) in [7, 11) is 0. The van der Waals surface area contributed by atoms with Crippen molar-refractivity contribution in [3.05, 3.63) is 74.2 Å². The van der Waals surface area contributed by atoms with E-state index < -0.39 is 22.6 Å². The highest BCUT2D eigenvalue weighted by Crippen LogP contribution is 2.31. The van der Waals surface area contributed by atoms with Gasteiger partial charge in [-0.1, -0.05) is 6.07 Å². The number of anilines is 1. The highest BCUT2D eigenvalue weighted by atomic mass is 32.1. The van der Waals surface area contributed by atoms with Gasteiger partial charge in [-0.2, -0.15) is 18.3 Å². The van der Waals surface area contributed by atoms with Crippen molar-refractivity contribution in [2.45, 2.75) is 12.7 Å². The van der Waals surface area contributed by atoms with Crippen molar-refractivity contribution in [3.8, 4) is 0 Å². The molecule has 0 aliphatic rings. The second-order valence-electron chi connectivity index (χ2n) is 5.51. The zero-order valence-corrected chi connectivity index (χ0v) is 14.3. The maximum Gasteiger partial charge on any atom is 0.416 e. The quantitative estimate of drug-likeness (QED) is 0.518. The van der Waals surface area contributed by atoms with Crippen LogP contribution >= 0.6 is 11.3 Å². The summed E-state index contributed by atoms with van der Waals surface area (Å²) >= 11 is 1.11. The molecule has 11 heteroatoms. The van der Waals surface area contributed by atoms with Crippen LogP contribution in [0.15, 0.2) is 48.1 Å². The molecule has 3 aromatic rings. The molecule has 0 radical (unpaired) electrons. The number of carbonyl (C=O) groups excluding carboxylic acids is 1. The van der Waals surface area contributed by atoms with Crippen LogP contribution in [0.2, 0.25) is 0 Å². The van der Waals surface area contributed by atoms with E-state index in [0.29, 0.717) is 10.4 Å². The third-order valence-corrected chi connectivity index (χ3v) is 4.48. The van der Waals surface area contributed by atoms with Gasteiger partial charge in [-0.3, -0.25) is 19.6 Å². The average molecular weight is 396 g/mol. The Labute approximate surface area is 154 Å². The monoisotopic (exact) mass is 396 g/mol. The van der Waals surface area contributed by atoms with Crippen molar-refractivity contribution >= 4 is 28.6 Å². The fraction of sp³-hybridized carbons (Fsp3) is 0.125. The Kier molecular flexibility index (Phi) is 4.95. The van der Waals surface area contributed by atoms with Gasteiger partial charge in [-0.25, -0.2) is 0 Å².